The highest BCUT2D eigenvalue weighted by Crippen LogP contribution is 2.25. The summed E-state index contributed by atoms with van der Waals surface area (Å²) in [7, 11) is 0. The van der Waals surface area contributed by atoms with Crippen molar-refractivity contribution in [1.29, 1.82) is 0 Å². The number of nitrogens with zero attached hydrogens (tertiary/aromatic N) is 4. The van der Waals surface area contributed by atoms with Gasteiger partial charge < -0.3 is 32.4 Å². The molecule has 2 aromatic carbocycles. The van der Waals surface area contributed by atoms with Crippen molar-refractivity contribution in [2.75, 3.05) is 102 Å². The second kappa shape index (κ2) is 14.3. The first-order chi connectivity index (χ1) is 18.5. The van der Waals surface area contributed by atoms with Crippen LogP contribution in [0, 0.1) is 0 Å². The number of hydrogen-bond donors (Lipinski definition) is 4. The molecule has 0 unspecified atom stereocenters. The van der Waals surface area contributed by atoms with Crippen LogP contribution in [0.3, 0.4) is 0 Å². The summed E-state index contributed by atoms with van der Waals surface area (Å²) in [5.74, 6) is 1.37. The highest BCUT2D eigenvalue weighted by atomic mass is 16.5. The average molecular weight is 527 g/mol. The standard InChI is InChI=1S/C28H46N8O2/c29-23-5-7-25(31)27(19-23)37-17-3-11-35-15-13-33(21-35)9-1-2-10-34-14-16-36(22-34)12-4-18-38-28-20-24(30)6-8-26(28)32/h5-8,19-20H,1-4,9-18,21-22,29-32H2. The lowest BCUT2D eigenvalue weighted by molar-refractivity contribution is 0.210. The van der Waals surface area contributed by atoms with Crippen LogP contribution in [0.15, 0.2) is 36.4 Å². The zero-order valence-corrected chi connectivity index (χ0v) is 22.7. The predicted octanol–water partition coefficient (Wildman–Crippen LogP) is 2.18. The Morgan fingerprint density at radius 2 is 0.895 bits per heavy atom. The lowest BCUT2D eigenvalue weighted by atomic mass is 10.2. The second-order valence-corrected chi connectivity index (χ2v) is 10.5. The molecule has 2 fully saturated rings. The number of benzene rings is 2. The van der Waals surface area contributed by atoms with Crippen molar-refractivity contribution in [2.24, 2.45) is 0 Å². The number of nitrogens with two attached hydrogens (primary N) is 4. The summed E-state index contributed by atoms with van der Waals surface area (Å²) in [6.45, 7) is 12.4. The van der Waals surface area contributed by atoms with Gasteiger partial charge in [0.15, 0.2) is 0 Å². The molecule has 2 heterocycles. The van der Waals surface area contributed by atoms with Crippen molar-refractivity contribution in [1.82, 2.24) is 19.6 Å². The van der Waals surface area contributed by atoms with Gasteiger partial charge >= 0.3 is 0 Å². The first-order valence-electron chi connectivity index (χ1n) is 13.9. The van der Waals surface area contributed by atoms with Gasteiger partial charge in [-0.15, -0.1) is 0 Å². The molecule has 2 aliphatic rings. The van der Waals surface area contributed by atoms with Crippen LogP contribution in [0.5, 0.6) is 11.5 Å². The van der Waals surface area contributed by atoms with E-state index in [2.05, 4.69) is 19.6 Å². The number of unbranched alkanes of at least 4 members (excludes halogenated alkanes) is 1. The van der Waals surface area contributed by atoms with Gasteiger partial charge in [0, 0.05) is 62.8 Å². The zero-order valence-electron chi connectivity index (χ0n) is 22.7. The molecular formula is C28H46N8O2. The molecule has 2 aromatic rings. The topological polar surface area (TPSA) is 135 Å². The maximum atomic E-state index is 5.95. The van der Waals surface area contributed by atoms with Crippen molar-refractivity contribution >= 4 is 22.7 Å². The molecule has 0 aliphatic carbocycles. The molecule has 10 heteroatoms. The third-order valence-corrected chi connectivity index (χ3v) is 7.29. The van der Waals surface area contributed by atoms with E-state index in [9.17, 15) is 0 Å². The van der Waals surface area contributed by atoms with Gasteiger partial charge in [0.25, 0.3) is 0 Å². The molecule has 2 saturated heterocycles. The summed E-state index contributed by atoms with van der Waals surface area (Å²) in [6.07, 6.45) is 4.46. The van der Waals surface area contributed by atoms with E-state index in [0.29, 0.717) is 47.5 Å². The van der Waals surface area contributed by atoms with Crippen LogP contribution >= 0.6 is 0 Å². The molecule has 0 aromatic heterocycles. The molecule has 0 atom stereocenters. The van der Waals surface area contributed by atoms with Crippen LogP contribution in [0.2, 0.25) is 0 Å². The Morgan fingerprint density at radius 1 is 0.526 bits per heavy atom. The Balaban J connectivity index is 0.996. The first-order valence-corrected chi connectivity index (χ1v) is 13.9. The fraction of sp³-hybridized carbons (Fsp3) is 0.571. The molecule has 0 spiro atoms. The highest BCUT2D eigenvalue weighted by molar-refractivity contribution is 5.60. The highest BCUT2D eigenvalue weighted by Gasteiger charge is 2.21. The quantitative estimate of drug-likeness (QED) is 0.202. The number of nitrogen functional groups attached to an aromatic ring is 4. The third kappa shape index (κ3) is 8.83. The minimum atomic E-state index is 0.638. The van der Waals surface area contributed by atoms with Crippen LogP contribution in [-0.2, 0) is 0 Å². The monoisotopic (exact) mass is 526 g/mol. The van der Waals surface area contributed by atoms with Gasteiger partial charge in [0.05, 0.1) is 37.9 Å². The molecule has 0 bridgehead atoms. The van der Waals surface area contributed by atoms with E-state index in [-0.39, 0.29) is 0 Å². The second-order valence-electron chi connectivity index (χ2n) is 10.5. The summed E-state index contributed by atoms with van der Waals surface area (Å²) in [5.41, 5.74) is 26.2. The molecule has 4 rings (SSSR count). The molecule has 0 amide bonds. The van der Waals surface area contributed by atoms with Crippen LogP contribution in [0.4, 0.5) is 22.7 Å². The largest absolute Gasteiger partial charge is 0.491 e. The third-order valence-electron chi connectivity index (χ3n) is 7.29. The van der Waals surface area contributed by atoms with Gasteiger partial charge in [-0.2, -0.15) is 0 Å². The lowest BCUT2D eigenvalue weighted by Crippen LogP contribution is -2.29. The summed E-state index contributed by atoms with van der Waals surface area (Å²) in [5, 5.41) is 0. The van der Waals surface area contributed by atoms with Gasteiger partial charge in [-0.05, 0) is 63.0 Å². The summed E-state index contributed by atoms with van der Waals surface area (Å²) < 4.78 is 11.7. The zero-order chi connectivity index (χ0) is 26.7. The Labute approximate surface area is 227 Å². The molecule has 2 aliphatic heterocycles. The minimum Gasteiger partial charge on any atom is -0.491 e. The SMILES string of the molecule is Nc1ccc(N)c(OCCCN2CCN(CCCCN3CCN(CCCOc4cc(N)ccc4N)C3)C2)c1. The van der Waals surface area contributed by atoms with E-state index in [1.807, 2.05) is 0 Å². The molecular weight excluding hydrogens is 480 g/mol. The Bertz CT molecular complexity index is 927. The molecule has 8 N–H and O–H groups in total. The smallest absolute Gasteiger partial charge is 0.144 e. The van der Waals surface area contributed by atoms with Crippen LogP contribution < -0.4 is 32.4 Å². The van der Waals surface area contributed by atoms with Gasteiger partial charge in [-0.3, -0.25) is 19.6 Å². The Hall–Kier alpha value is -2.92. The van der Waals surface area contributed by atoms with Crippen LogP contribution in [-0.4, -0.2) is 98.5 Å². The van der Waals surface area contributed by atoms with E-state index in [0.717, 1.165) is 65.4 Å². The number of anilines is 4. The molecule has 10 nitrogen and oxygen atoms in total. The molecule has 210 valence electrons. The average Bonchev–Trinajstić information content (AvgIpc) is 3.55. The van der Waals surface area contributed by atoms with Crippen LogP contribution in [0.25, 0.3) is 0 Å². The van der Waals surface area contributed by atoms with Gasteiger partial charge in [0.1, 0.15) is 11.5 Å². The lowest BCUT2D eigenvalue weighted by Gasteiger charge is -2.20. The van der Waals surface area contributed by atoms with Gasteiger partial charge in [-0.1, -0.05) is 0 Å². The van der Waals surface area contributed by atoms with Crippen molar-refractivity contribution in [3.8, 4) is 11.5 Å². The number of rotatable bonds is 15. The predicted molar refractivity (Wildman–Crippen MR) is 156 cm³/mol. The van der Waals surface area contributed by atoms with E-state index < -0.39 is 0 Å². The van der Waals surface area contributed by atoms with E-state index >= 15 is 0 Å². The van der Waals surface area contributed by atoms with E-state index in [1.54, 1.807) is 36.4 Å². The summed E-state index contributed by atoms with van der Waals surface area (Å²) in [6, 6.07) is 10.8. The molecule has 38 heavy (non-hydrogen) atoms. The number of ether oxygens (including phenoxy) is 2. The van der Waals surface area contributed by atoms with Gasteiger partial charge in [-0.25, -0.2) is 0 Å². The number of hydrogen-bond acceptors (Lipinski definition) is 10. The van der Waals surface area contributed by atoms with Crippen LogP contribution in [0.1, 0.15) is 25.7 Å². The normalized spacial score (nSPS) is 17.4. The van der Waals surface area contributed by atoms with Gasteiger partial charge in [0.2, 0.25) is 0 Å². The Morgan fingerprint density at radius 3 is 1.29 bits per heavy atom. The summed E-state index contributed by atoms with van der Waals surface area (Å²) in [4.78, 5) is 10.2. The van der Waals surface area contributed by atoms with Crippen molar-refractivity contribution in [3.63, 3.8) is 0 Å². The minimum absolute atomic E-state index is 0.638. The maximum absolute atomic E-state index is 5.95. The van der Waals surface area contributed by atoms with Crippen molar-refractivity contribution in [2.45, 2.75) is 25.7 Å². The fourth-order valence-electron chi connectivity index (χ4n) is 5.11. The van der Waals surface area contributed by atoms with E-state index in [4.69, 9.17) is 32.4 Å². The Kier molecular flexibility index (Phi) is 10.6. The molecule has 0 saturated carbocycles. The first kappa shape index (κ1) is 28.1. The van der Waals surface area contributed by atoms with Crippen molar-refractivity contribution < 1.29 is 9.47 Å². The summed E-state index contributed by atoms with van der Waals surface area (Å²) >= 11 is 0. The molecule has 0 radical (unpaired) electrons. The fourth-order valence-corrected chi connectivity index (χ4v) is 5.11. The van der Waals surface area contributed by atoms with E-state index in [1.165, 1.54) is 25.9 Å². The van der Waals surface area contributed by atoms with Crippen molar-refractivity contribution in [3.05, 3.63) is 36.4 Å². The maximum Gasteiger partial charge on any atom is 0.144 e.